The highest BCUT2D eigenvalue weighted by Gasteiger charge is 2.29. The van der Waals surface area contributed by atoms with Crippen LogP contribution < -0.4 is 0 Å². The number of rotatable bonds is 6. The van der Waals surface area contributed by atoms with E-state index in [9.17, 15) is 0 Å². The number of thiazole rings is 1. The molecule has 0 bridgehead atoms. The molecule has 0 unspecified atom stereocenters. The third-order valence-corrected chi connectivity index (χ3v) is 5.76. The Hall–Kier alpha value is -1.60. The van der Waals surface area contributed by atoms with Gasteiger partial charge in [-0.05, 0) is 38.8 Å². The molecule has 5 nitrogen and oxygen atoms in total. The van der Waals surface area contributed by atoms with Crippen molar-refractivity contribution in [2.24, 2.45) is 0 Å². The van der Waals surface area contributed by atoms with Crippen molar-refractivity contribution in [1.82, 2.24) is 19.7 Å². The molecule has 0 aliphatic heterocycles. The first-order valence-electron chi connectivity index (χ1n) is 7.81. The van der Waals surface area contributed by atoms with Crippen LogP contribution in [0.1, 0.15) is 43.0 Å². The maximum absolute atomic E-state index is 5.63. The Balaban J connectivity index is 1.46. The largest absolute Gasteiger partial charge is 0.459 e. The zero-order valence-corrected chi connectivity index (χ0v) is 14.8. The van der Waals surface area contributed by atoms with Crippen LogP contribution in [0.2, 0.25) is 0 Å². The number of hydrogen-bond donors (Lipinski definition) is 0. The minimum atomic E-state index is 0.630. The van der Waals surface area contributed by atoms with E-state index in [2.05, 4.69) is 32.1 Å². The third-order valence-electron chi connectivity index (χ3n) is 3.86. The van der Waals surface area contributed by atoms with Crippen LogP contribution >= 0.6 is 23.1 Å². The van der Waals surface area contributed by atoms with E-state index in [1.54, 1.807) is 23.1 Å². The van der Waals surface area contributed by atoms with Crippen LogP contribution in [0.4, 0.5) is 0 Å². The Morgan fingerprint density at radius 1 is 1.35 bits per heavy atom. The van der Waals surface area contributed by atoms with Gasteiger partial charge in [-0.1, -0.05) is 11.8 Å². The Kier molecular flexibility index (Phi) is 3.98. The smallest absolute Gasteiger partial charge is 0.191 e. The monoisotopic (exact) mass is 346 g/mol. The Morgan fingerprint density at radius 3 is 2.91 bits per heavy atom. The van der Waals surface area contributed by atoms with Gasteiger partial charge in [-0.3, -0.25) is 0 Å². The minimum Gasteiger partial charge on any atom is -0.459 e. The summed E-state index contributed by atoms with van der Waals surface area (Å²) < 4.78 is 7.88. The number of aromatic nitrogens is 4. The molecule has 0 radical (unpaired) electrons. The van der Waals surface area contributed by atoms with Gasteiger partial charge in [0.05, 0.1) is 5.69 Å². The number of furan rings is 1. The first-order chi connectivity index (χ1) is 11.2. The molecule has 3 aromatic rings. The predicted octanol–water partition coefficient (Wildman–Crippen LogP) is 4.49. The van der Waals surface area contributed by atoms with Gasteiger partial charge in [0, 0.05) is 23.6 Å². The molecular formula is C16H18N4OS2. The molecule has 1 saturated carbocycles. The van der Waals surface area contributed by atoms with Gasteiger partial charge in [0.15, 0.2) is 15.9 Å². The molecule has 7 heteroatoms. The summed E-state index contributed by atoms with van der Waals surface area (Å²) in [5.41, 5.74) is 1.06. The maximum Gasteiger partial charge on any atom is 0.191 e. The van der Waals surface area contributed by atoms with E-state index in [-0.39, 0.29) is 0 Å². The second kappa shape index (κ2) is 6.13. The van der Waals surface area contributed by atoms with Crippen molar-refractivity contribution in [3.05, 3.63) is 34.8 Å². The van der Waals surface area contributed by atoms with Crippen LogP contribution in [0.3, 0.4) is 0 Å². The molecule has 0 aromatic carbocycles. The SMILES string of the molecule is CCn1c(SCc2csc(-c3ccc(C)o3)n2)nnc1C1CC1. The lowest BCUT2D eigenvalue weighted by Gasteiger charge is -2.05. The van der Waals surface area contributed by atoms with Crippen molar-refractivity contribution in [3.8, 4) is 10.8 Å². The molecule has 23 heavy (non-hydrogen) atoms. The van der Waals surface area contributed by atoms with Crippen LogP contribution in [0, 0.1) is 6.92 Å². The molecule has 3 heterocycles. The molecule has 0 spiro atoms. The summed E-state index contributed by atoms with van der Waals surface area (Å²) >= 11 is 3.33. The van der Waals surface area contributed by atoms with Crippen molar-refractivity contribution in [3.63, 3.8) is 0 Å². The normalized spacial score (nSPS) is 14.5. The van der Waals surface area contributed by atoms with Gasteiger partial charge in [0.2, 0.25) is 0 Å². The molecule has 1 fully saturated rings. The molecule has 0 N–H and O–H groups in total. The van der Waals surface area contributed by atoms with Crippen molar-refractivity contribution in [2.45, 2.75) is 50.1 Å². The number of thioether (sulfide) groups is 1. The van der Waals surface area contributed by atoms with E-state index in [0.717, 1.165) is 45.5 Å². The lowest BCUT2D eigenvalue weighted by Crippen LogP contribution is -2.02. The van der Waals surface area contributed by atoms with Gasteiger partial charge in [0.1, 0.15) is 11.6 Å². The van der Waals surface area contributed by atoms with E-state index in [1.165, 1.54) is 12.8 Å². The molecule has 120 valence electrons. The minimum absolute atomic E-state index is 0.630. The summed E-state index contributed by atoms with van der Waals surface area (Å²) in [5.74, 6) is 4.34. The zero-order chi connectivity index (χ0) is 15.8. The molecule has 1 aliphatic carbocycles. The van der Waals surface area contributed by atoms with Crippen LogP contribution in [-0.2, 0) is 12.3 Å². The second-order valence-corrected chi connectivity index (χ2v) is 7.50. The molecule has 0 saturated heterocycles. The molecule has 3 aromatic heterocycles. The van der Waals surface area contributed by atoms with Crippen molar-refractivity contribution < 1.29 is 4.42 Å². The van der Waals surface area contributed by atoms with Gasteiger partial charge in [0.25, 0.3) is 0 Å². The Bertz CT molecular complexity index is 816. The van der Waals surface area contributed by atoms with Crippen molar-refractivity contribution in [1.29, 1.82) is 0 Å². The van der Waals surface area contributed by atoms with E-state index in [1.807, 2.05) is 19.1 Å². The lowest BCUT2D eigenvalue weighted by atomic mass is 10.4. The maximum atomic E-state index is 5.63. The van der Waals surface area contributed by atoms with Gasteiger partial charge >= 0.3 is 0 Å². The third kappa shape index (κ3) is 3.07. The molecule has 4 rings (SSSR count). The van der Waals surface area contributed by atoms with Crippen LogP contribution in [0.25, 0.3) is 10.8 Å². The Morgan fingerprint density at radius 2 is 2.22 bits per heavy atom. The fraction of sp³-hybridized carbons (Fsp3) is 0.438. The summed E-state index contributed by atoms with van der Waals surface area (Å²) in [5, 5.41) is 12.8. The van der Waals surface area contributed by atoms with Gasteiger partial charge < -0.3 is 8.98 Å². The summed E-state index contributed by atoms with van der Waals surface area (Å²) in [6, 6.07) is 3.94. The average Bonchev–Trinajstić information content (AvgIpc) is 2.98. The summed E-state index contributed by atoms with van der Waals surface area (Å²) in [6.07, 6.45) is 2.50. The van der Waals surface area contributed by atoms with E-state index >= 15 is 0 Å². The van der Waals surface area contributed by atoms with Crippen LogP contribution in [-0.4, -0.2) is 19.7 Å². The first-order valence-corrected chi connectivity index (χ1v) is 9.68. The lowest BCUT2D eigenvalue weighted by molar-refractivity contribution is 0.548. The first kappa shape index (κ1) is 15.0. The molecular weight excluding hydrogens is 328 g/mol. The number of hydrogen-bond acceptors (Lipinski definition) is 6. The highest BCUT2D eigenvalue weighted by Crippen LogP contribution is 2.40. The van der Waals surface area contributed by atoms with Gasteiger partial charge in [-0.25, -0.2) is 4.98 Å². The number of nitrogens with zero attached hydrogens (tertiary/aromatic N) is 4. The van der Waals surface area contributed by atoms with Crippen molar-refractivity contribution in [2.75, 3.05) is 0 Å². The summed E-state index contributed by atoms with van der Waals surface area (Å²) in [4.78, 5) is 4.67. The molecule has 1 aliphatic rings. The zero-order valence-electron chi connectivity index (χ0n) is 13.2. The highest BCUT2D eigenvalue weighted by molar-refractivity contribution is 7.98. The topological polar surface area (TPSA) is 56.7 Å². The van der Waals surface area contributed by atoms with E-state index in [0.29, 0.717) is 5.92 Å². The van der Waals surface area contributed by atoms with E-state index < -0.39 is 0 Å². The summed E-state index contributed by atoms with van der Waals surface area (Å²) in [7, 11) is 0. The number of aryl methyl sites for hydroxylation is 1. The average molecular weight is 346 g/mol. The molecule has 0 atom stereocenters. The fourth-order valence-corrected chi connectivity index (χ4v) is 4.31. The Labute approximate surface area is 143 Å². The van der Waals surface area contributed by atoms with Gasteiger partial charge in [-0.2, -0.15) is 0 Å². The van der Waals surface area contributed by atoms with Crippen molar-refractivity contribution >= 4 is 23.1 Å². The second-order valence-electron chi connectivity index (χ2n) is 5.70. The van der Waals surface area contributed by atoms with E-state index in [4.69, 9.17) is 4.42 Å². The fourth-order valence-electron chi connectivity index (χ4n) is 2.52. The quantitative estimate of drug-likeness (QED) is 0.615. The van der Waals surface area contributed by atoms with Crippen LogP contribution in [0.15, 0.2) is 27.1 Å². The predicted molar refractivity (Wildman–Crippen MR) is 91.8 cm³/mol. The van der Waals surface area contributed by atoms with Gasteiger partial charge in [-0.15, -0.1) is 21.5 Å². The standard InChI is InChI=1S/C16H18N4OS2/c1-3-20-14(11-5-6-11)18-19-16(20)23-9-12-8-22-15(17-12)13-7-4-10(2)21-13/h4,7-8,11H,3,5-6,9H2,1-2H3. The summed E-state index contributed by atoms with van der Waals surface area (Å²) in [6.45, 7) is 5.03. The molecule has 0 amide bonds. The highest BCUT2D eigenvalue weighted by atomic mass is 32.2. The van der Waals surface area contributed by atoms with Crippen LogP contribution in [0.5, 0.6) is 0 Å².